The van der Waals surface area contributed by atoms with E-state index in [1.807, 2.05) is 31.4 Å². The lowest BCUT2D eigenvalue weighted by molar-refractivity contribution is 0.385. The van der Waals surface area contributed by atoms with E-state index in [0.717, 1.165) is 15.7 Å². The van der Waals surface area contributed by atoms with E-state index in [-0.39, 0.29) is 6.04 Å². The van der Waals surface area contributed by atoms with Crippen LogP contribution in [-0.2, 0) is 7.05 Å². The van der Waals surface area contributed by atoms with Crippen LogP contribution in [0.1, 0.15) is 17.3 Å². The third kappa shape index (κ3) is 2.59. The molecule has 0 bridgehead atoms. The third-order valence-electron chi connectivity index (χ3n) is 2.90. The Morgan fingerprint density at radius 2 is 2.00 bits per heavy atom. The maximum absolute atomic E-state index is 6.25. The minimum atomic E-state index is -0.349. The van der Waals surface area contributed by atoms with Crippen LogP contribution in [0.4, 0.5) is 0 Å². The van der Waals surface area contributed by atoms with Crippen LogP contribution < -0.4 is 15.2 Å². The number of hydrogen-bond acceptors (Lipinski definition) is 4. The van der Waals surface area contributed by atoms with Crippen molar-refractivity contribution in [3.63, 3.8) is 0 Å². The van der Waals surface area contributed by atoms with Gasteiger partial charge in [-0.3, -0.25) is 4.68 Å². The fourth-order valence-electron chi connectivity index (χ4n) is 1.92. The van der Waals surface area contributed by atoms with E-state index in [2.05, 4.69) is 21.0 Å². The molecule has 1 atom stereocenters. The minimum absolute atomic E-state index is 0.349. The summed E-state index contributed by atoms with van der Waals surface area (Å²) >= 11 is 3.47. The van der Waals surface area contributed by atoms with Gasteiger partial charge in [0.25, 0.3) is 0 Å². The van der Waals surface area contributed by atoms with E-state index in [1.165, 1.54) is 0 Å². The number of ether oxygens (including phenoxy) is 2. The molecular weight excluding hydrogens is 310 g/mol. The van der Waals surface area contributed by atoms with Gasteiger partial charge in [-0.1, -0.05) is 0 Å². The van der Waals surface area contributed by atoms with Crippen LogP contribution in [0.15, 0.2) is 28.9 Å². The highest BCUT2D eigenvalue weighted by Gasteiger charge is 2.20. The molecule has 2 N–H and O–H groups in total. The zero-order chi connectivity index (χ0) is 14.0. The van der Waals surface area contributed by atoms with Crippen molar-refractivity contribution >= 4 is 15.9 Å². The SMILES string of the molecule is COc1ccc(C(N)c2ccn(C)n2)c(OC)c1Br. The van der Waals surface area contributed by atoms with Crippen molar-refractivity contribution in [3.05, 3.63) is 40.1 Å². The highest BCUT2D eigenvalue weighted by molar-refractivity contribution is 9.10. The van der Waals surface area contributed by atoms with Crippen molar-refractivity contribution in [1.29, 1.82) is 0 Å². The van der Waals surface area contributed by atoms with Crippen molar-refractivity contribution in [2.75, 3.05) is 14.2 Å². The van der Waals surface area contributed by atoms with E-state index in [4.69, 9.17) is 15.2 Å². The molecule has 0 fully saturated rings. The quantitative estimate of drug-likeness (QED) is 0.936. The summed E-state index contributed by atoms with van der Waals surface area (Å²) in [6.07, 6.45) is 1.86. The molecule has 2 rings (SSSR count). The first-order valence-electron chi connectivity index (χ1n) is 5.74. The molecule has 0 amide bonds. The van der Waals surface area contributed by atoms with E-state index < -0.39 is 0 Å². The Hall–Kier alpha value is -1.53. The van der Waals surface area contributed by atoms with Crippen LogP contribution in [0.5, 0.6) is 11.5 Å². The van der Waals surface area contributed by atoms with Crippen LogP contribution in [0.2, 0.25) is 0 Å². The number of nitrogens with zero attached hydrogens (tertiary/aromatic N) is 2. The number of benzene rings is 1. The molecule has 1 aromatic carbocycles. The maximum Gasteiger partial charge on any atom is 0.141 e. The van der Waals surface area contributed by atoms with E-state index in [1.54, 1.807) is 18.9 Å². The molecule has 2 aromatic rings. The molecule has 1 unspecified atom stereocenters. The van der Waals surface area contributed by atoms with Gasteiger partial charge in [0.15, 0.2) is 0 Å². The van der Waals surface area contributed by atoms with Gasteiger partial charge in [0.05, 0.1) is 26.0 Å². The summed E-state index contributed by atoms with van der Waals surface area (Å²) in [6.45, 7) is 0. The standard InChI is InChI=1S/C13H16BrN3O2/c1-17-7-6-9(16-17)12(15)8-4-5-10(18-2)11(14)13(8)19-3/h4-7,12H,15H2,1-3H3. The molecule has 0 aliphatic carbocycles. The molecule has 6 heteroatoms. The lowest BCUT2D eigenvalue weighted by Gasteiger charge is -2.17. The molecule has 1 heterocycles. The minimum Gasteiger partial charge on any atom is -0.495 e. The lowest BCUT2D eigenvalue weighted by Crippen LogP contribution is -2.14. The largest absolute Gasteiger partial charge is 0.495 e. The molecular formula is C13H16BrN3O2. The molecule has 1 aromatic heterocycles. The first-order chi connectivity index (χ1) is 9.08. The molecule has 102 valence electrons. The monoisotopic (exact) mass is 325 g/mol. The van der Waals surface area contributed by atoms with Crippen molar-refractivity contribution in [2.24, 2.45) is 12.8 Å². The Morgan fingerprint density at radius 1 is 1.26 bits per heavy atom. The number of halogens is 1. The second-order valence-electron chi connectivity index (χ2n) is 4.10. The van der Waals surface area contributed by atoms with Gasteiger partial charge in [-0.15, -0.1) is 0 Å². The molecule has 0 aliphatic heterocycles. The van der Waals surface area contributed by atoms with Gasteiger partial charge in [-0.25, -0.2) is 0 Å². The van der Waals surface area contributed by atoms with Crippen molar-refractivity contribution in [1.82, 2.24) is 9.78 Å². The predicted molar refractivity (Wildman–Crippen MR) is 76.5 cm³/mol. The summed E-state index contributed by atoms with van der Waals surface area (Å²) in [7, 11) is 5.07. The molecule has 0 radical (unpaired) electrons. The summed E-state index contributed by atoms with van der Waals surface area (Å²) in [5.74, 6) is 1.37. The Kier molecular flexibility index (Phi) is 4.11. The number of nitrogens with two attached hydrogens (primary N) is 1. The summed E-state index contributed by atoms with van der Waals surface area (Å²) in [4.78, 5) is 0. The molecule has 0 spiro atoms. The van der Waals surface area contributed by atoms with Gasteiger partial charge in [0.2, 0.25) is 0 Å². The van der Waals surface area contributed by atoms with E-state index in [0.29, 0.717) is 11.5 Å². The molecule has 0 saturated carbocycles. The van der Waals surface area contributed by atoms with Gasteiger partial charge in [-0.05, 0) is 34.1 Å². The Labute approximate surface area is 120 Å². The van der Waals surface area contributed by atoms with Crippen LogP contribution in [0, 0.1) is 0 Å². The predicted octanol–water partition coefficient (Wildman–Crippen LogP) is 2.25. The molecule has 5 nitrogen and oxygen atoms in total. The zero-order valence-corrected chi connectivity index (χ0v) is 12.6. The normalized spacial score (nSPS) is 12.3. The summed E-state index contributed by atoms with van der Waals surface area (Å²) in [5.41, 5.74) is 7.89. The smallest absolute Gasteiger partial charge is 0.141 e. The highest BCUT2D eigenvalue weighted by atomic mass is 79.9. The topological polar surface area (TPSA) is 62.3 Å². The summed E-state index contributed by atoms with van der Waals surface area (Å²) in [6, 6.07) is 5.28. The van der Waals surface area contributed by atoms with Crippen molar-refractivity contribution < 1.29 is 9.47 Å². The molecule has 0 aliphatic rings. The first-order valence-corrected chi connectivity index (χ1v) is 6.53. The van der Waals surface area contributed by atoms with Crippen LogP contribution >= 0.6 is 15.9 Å². The Morgan fingerprint density at radius 3 is 2.53 bits per heavy atom. The fraction of sp³-hybridized carbons (Fsp3) is 0.308. The number of aryl methyl sites for hydroxylation is 1. The average Bonchev–Trinajstić information content (AvgIpc) is 2.84. The summed E-state index contributed by atoms with van der Waals surface area (Å²) in [5, 5.41) is 4.32. The van der Waals surface area contributed by atoms with Crippen LogP contribution in [0.25, 0.3) is 0 Å². The van der Waals surface area contributed by atoms with Gasteiger partial charge in [0.1, 0.15) is 16.0 Å². The second kappa shape index (κ2) is 5.63. The van der Waals surface area contributed by atoms with E-state index >= 15 is 0 Å². The zero-order valence-electron chi connectivity index (χ0n) is 11.1. The third-order valence-corrected chi connectivity index (χ3v) is 3.66. The highest BCUT2D eigenvalue weighted by Crippen LogP contribution is 2.40. The van der Waals surface area contributed by atoms with Gasteiger partial charge in [-0.2, -0.15) is 5.10 Å². The molecule has 19 heavy (non-hydrogen) atoms. The van der Waals surface area contributed by atoms with Gasteiger partial charge >= 0.3 is 0 Å². The summed E-state index contributed by atoms with van der Waals surface area (Å²) < 4.78 is 13.1. The second-order valence-corrected chi connectivity index (χ2v) is 4.89. The van der Waals surface area contributed by atoms with Crippen LogP contribution in [-0.4, -0.2) is 24.0 Å². The number of rotatable bonds is 4. The lowest BCUT2D eigenvalue weighted by atomic mass is 10.0. The van der Waals surface area contributed by atoms with Crippen LogP contribution in [0.3, 0.4) is 0 Å². The number of aromatic nitrogens is 2. The van der Waals surface area contributed by atoms with E-state index in [9.17, 15) is 0 Å². The first kappa shape index (κ1) is 13.9. The van der Waals surface area contributed by atoms with Gasteiger partial charge < -0.3 is 15.2 Å². The van der Waals surface area contributed by atoms with Crippen molar-refractivity contribution in [3.8, 4) is 11.5 Å². The Bertz CT molecular complexity index is 583. The van der Waals surface area contributed by atoms with Gasteiger partial charge in [0, 0.05) is 18.8 Å². The average molecular weight is 326 g/mol. The number of hydrogen-bond donors (Lipinski definition) is 1. The van der Waals surface area contributed by atoms with Crippen molar-refractivity contribution in [2.45, 2.75) is 6.04 Å². The Balaban J connectivity index is 2.47. The number of methoxy groups -OCH3 is 2. The fourth-order valence-corrected chi connectivity index (χ4v) is 2.61. The maximum atomic E-state index is 6.25. The molecule has 0 saturated heterocycles.